The summed E-state index contributed by atoms with van der Waals surface area (Å²) < 4.78 is 0. The normalized spacial score (nSPS) is 11.2. The predicted molar refractivity (Wildman–Crippen MR) is 81.9 cm³/mol. The van der Waals surface area contributed by atoms with Crippen LogP contribution in [0, 0.1) is 0 Å². The number of hydrogen-bond donors (Lipinski definition) is 1. The summed E-state index contributed by atoms with van der Waals surface area (Å²) in [5.74, 6) is -1.02. The quantitative estimate of drug-likeness (QED) is 0.490. The van der Waals surface area contributed by atoms with Gasteiger partial charge in [-0.15, -0.1) is 0 Å². The van der Waals surface area contributed by atoms with Crippen molar-refractivity contribution >= 4 is 11.7 Å². The maximum Gasteiger partial charge on any atom is 0.292 e. The van der Waals surface area contributed by atoms with Gasteiger partial charge in [0.1, 0.15) is 0 Å². The van der Waals surface area contributed by atoms with Crippen LogP contribution in [0.2, 0.25) is 0 Å². The molecule has 1 aromatic carbocycles. The molecule has 3 nitrogen and oxygen atoms in total. The van der Waals surface area contributed by atoms with Crippen molar-refractivity contribution in [2.75, 3.05) is 0 Å². The first-order chi connectivity index (χ1) is 9.33. The lowest BCUT2D eigenvalue weighted by atomic mass is 10.0. The molecule has 1 rings (SSSR count). The first-order valence-corrected chi connectivity index (χ1v) is 7.29. The fourth-order valence-corrected chi connectivity index (χ4v) is 1.93. The number of nitrogens with one attached hydrogen (secondary N) is 1. The highest BCUT2D eigenvalue weighted by Crippen LogP contribution is 2.10. The molecule has 0 aliphatic rings. The number of unbranched alkanes of at least 4 members (excludes halogenated alkanes) is 2. The smallest absolute Gasteiger partial charge is 0.292 e. The molecule has 3 heteroatoms. The molecule has 0 atom stereocenters. The summed E-state index contributed by atoms with van der Waals surface area (Å²) >= 11 is 0. The van der Waals surface area contributed by atoms with Crippen LogP contribution >= 0.6 is 0 Å². The molecule has 0 aromatic heterocycles. The van der Waals surface area contributed by atoms with Crippen molar-refractivity contribution in [3.63, 3.8) is 0 Å². The minimum absolute atomic E-state index is 0.396. The van der Waals surface area contributed by atoms with Crippen LogP contribution in [0.25, 0.3) is 0 Å². The third-order valence-corrected chi connectivity index (χ3v) is 2.98. The minimum Gasteiger partial charge on any atom is -0.345 e. The van der Waals surface area contributed by atoms with Crippen LogP contribution in [0.5, 0.6) is 0 Å². The maximum absolute atomic E-state index is 12.0. The van der Waals surface area contributed by atoms with Crippen molar-refractivity contribution in [1.29, 1.82) is 0 Å². The van der Waals surface area contributed by atoms with Crippen molar-refractivity contribution in [3.05, 3.63) is 35.4 Å². The van der Waals surface area contributed by atoms with E-state index in [2.05, 4.69) is 12.2 Å². The van der Waals surface area contributed by atoms with Gasteiger partial charge in [-0.25, -0.2) is 0 Å². The SMILES string of the molecule is CCCCCc1ccc(C(=O)C(=O)NC(C)(C)C)cc1. The summed E-state index contributed by atoms with van der Waals surface area (Å²) in [6.07, 6.45) is 4.60. The molecule has 0 aliphatic carbocycles. The number of benzene rings is 1. The lowest BCUT2D eigenvalue weighted by molar-refractivity contribution is -0.118. The predicted octanol–water partition coefficient (Wildman–Crippen LogP) is 3.52. The van der Waals surface area contributed by atoms with Gasteiger partial charge in [-0.05, 0) is 39.2 Å². The lowest BCUT2D eigenvalue weighted by Crippen LogP contribution is -2.44. The summed E-state index contributed by atoms with van der Waals surface area (Å²) in [7, 11) is 0. The van der Waals surface area contributed by atoms with Crippen LogP contribution < -0.4 is 5.32 Å². The highest BCUT2D eigenvalue weighted by atomic mass is 16.2. The second-order valence-corrected chi connectivity index (χ2v) is 6.19. The Morgan fingerprint density at radius 3 is 2.15 bits per heavy atom. The Morgan fingerprint density at radius 1 is 1.05 bits per heavy atom. The van der Waals surface area contributed by atoms with Crippen LogP contribution in [-0.4, -0.2) is 17.2 Å². The number of carbonyl (C=O) groups excluding carboxylic acids is 2. The van der Waals surface area contributed by atoms with Gasteiger partial charge in [-0.3, -0.25) is 9.59 Å². The van der Waals surface area contributed by atoms with Crippen molar-refractivity contribution in [2.45, 2.75) is 58.9 Å². The van der Waals surface area contributed by atoms with E-state index in [1.807, 2.05) is 32.9 Å². The summed E-state index contributed by atoms with van der Waals surface area (Å²) in [4.78, 5) is 23.8. The van der Waals surface area contributed by atoms with Gasteiger partial charge in [0.15, 0.2) is 0 Å². The van der Waals surface area contributed by atoms with E-state index in [9.17, 15) is 9.59 Å². The Hall–Kier alpha value is -1.64. The first-order valence-electron chi connectivity index (χ1n) is 7.29. The minimum atomic E-state index is -0.545. The lowest BCUT2D eigenvalue weighted by Gasteiger charge is -2.19. The van der Waals surface area contributed by atoms with Gasteiger partial charge < -0.3 is 5.32 Å². The number of ketones is 1. The van der Waals surface area contributed by atoms with Gasteiger partial charge in [0.05, 0.1) is 0 Å². The molecule has 0 heterocycles. The van der Waals surface area contributed by atoms with E-state index in [1.54, 1.807) is 12.1 Å². The fourth-order valence-electron chi connectivity index (χ4n) is 1.93. The molecule has 0 saturated heterocycles. The van der Waals surface area contributed by atoms with Crippen LogP contribution in [0.4, 0.5) is 0 Å². The van der Waals surface area contributed by atoms with E-state index in [4.69, 9.17) is 0 Å². The molecule has 1 amide bonds. The van der Waals surface area contributed by atoms with E-state index in [0.717, 1.165) is 12.8 Å². The molecule has 1 N–H and O–H groups in total. The number of hydrogen-bond acceptors (Lipinski definition) is 2. The second-order valence-electron chi connectivity index (χ2n) is 6.19. The Labute approximate surface area is 121 Å². The Balaban J connectivity index is 2.63. The highest BCUT2D eigenvalue weighted by molar-refractivity contribution is 6.42. The van der Waals surface area contributed by atoms with Gasteiger partial charge >= 0.3 is 0 Å². The van der Waals surface area contributed by atoms with Gasteiger partial charge in [0.25, 0.3) is 5.91 Å². The Morgan fingerprint density at radius 2 is 1.65 bits per heavy atom. The van der Waals surface area contributed by atoms with E-state index in [-0.39, 0.29) is 0 Å². The average Bonchev–Trinajstić information content (AvgIpc) is 2.37. The molecular formula is C17H25NO2. The zero-order chi connectivity index (χ0) is 15.2. The van der Waals surface area contributed by atoms with Crippen molar-refractivity contribution in [2.24, 2.45) is 0 Å². The molecule has 110 valence electrons. The van der Waals surface area contributed by atoms with Gasteiger partial charge in [-0.1, -0.05) is 44.0 Å². The molecule has 0 bridgehead atoms. The number of Topliss-reactive ketones (excluding diaryl/α,β-unsaturated/α-hetero) is 1. The molecule has 0 spiro atoms. The molecule has 0 radical (unpaired) electrons. The maximum atomic E-state index is 12.0. The third kappa shape index (κ3) is 5.55. The zero-order valence-corrected chi connectivity index (χ0v) is 13.0. The molecule has 0 unspecified atom stereocenters. The summed E-state index contributed by atoms with van der Waals surface area (Å²) in [5, 5.41) is 2.69. The number of amides is 1. The van der Waals surface area contributed by atoms with Gasteiger partial charge in [0.2, 0.25) is 5.78 Å². The fraction of sp³-hybridized carbons (Fsp3) is 0.529. The van der Waals surface area contributed by atoms with E-state index < -0.39 is 17.2 Å². The van der Waals surface area contributed by atoms with E-state index >= 15 is 0 Å². The molecule has 0 aliphatic heterocycles. The van der Waals surface area contributed by atoms with E-state index in [0.29, 0.717) is 5.56 Å². The number of rotatable bonds is 6. The summed E-state index contributed by atoms with van der Waals surface area (Å²) in [6, 6.07) is 7.36. The Kier molecular flexibility index (Phi) is 5.93. The van der Waals surface area contributed by atoms with Crippen molar-refractivity contribution in [1.82, 2.24) is 5.32 Å². The number of aryl methyl sites for hydroxylation is 1. The van der Waals surface area contributed by atoms with Crippen LogP contribution in [0.3, 0.4) is 0 Å². The Bertz CT molecular complexity index is 455. The monoisotopic (exact) mass is 275 g/mol. The van der Waals surface area contributed by atoms with Gasteiger partial charge in [0, 0.05) is 11.1 Å². The average molecular weight is 275 g/mol. The highest BCUT2D eigenvalue weighted by Gasteiger charge is 2.21. The van der Waals surface area contributed by atoms with Crippen LogP contribution in [0.15, 0.2) is 24.3 Å². The number of carbonyl (C=O) groups is 2. The molecule has 0 fully saturated rings. The molecule has 1 aromatic rings. The van der Waals surface area contributed by atoms with Crippen LogP contribution in [0.1, 0.15) is 62.9 Å². The zero-order valence-electron chi connectivity index (χ0n) is 13.0. The van der Waals surface area contributed by atoms with Crippen molar-refractivity contribution in [3.8, 4) is 0 Å². The van der Waals surface area contributed by atoms with E-state index in [1.165, 1.54) is 18.4 Å². The second kappa shape index (κ2) is 7.22. The van der Waals surface area contributed by atoms with Crippen molar-refractivity contribution < 1.29 is 9.59 Å². The molecule has 0 saturated carbocycles. The largest absolute Gasteiger partial charge is 0.345 e. The van der Waals surface area contributed by atoms with Gasteiger partial charge in [-0.2, -0.15) is 0 Å². The molecule has 20 heavy (non-hydrogen) atoms. The third-order valence-electron chi connectivity index (χ3n) is 2.98. The summed E-state index contributed by atoms with van der Waals surface area (Å²) in [5.41, 5.74) is 1.27. The standard InChI is InChI=1S/C17H25NO2/c1-5-6-7-8-13-9-11-14(12-10-13)15(19)16(20)18-17(2,3)4/h9-12H,5-8H2,1-4H3,(H,18,20). The first kappa shape index (κ1) is 16.4. The summed E-state index contributed by atoms with van der Waals surface area (Å²) in [6.45, 7) is 7.74. The topological polar surface area (TPSA) is 46.2 Å². The van der Waals surface area contributed by atoms with Crippen LogP contribution in [-0.2, 0) is 11.2 Å². The molecular weight excluding hydrogens is 250 g/mol.